The number of amides is 1. The minimum Gasteiger partial charge on any atom is -0.368 e. The Morgan fingerprint density at radius 2 is 1.95 bits per heavy atom. The normalized spacial score (nSPS) is 10.7. The van der Waals surface area contributed by atoms with E-state index in [-0.39, 0.29) is 12.6 Å². The van der Waals surface area contributed by atoms with Gasteiger partial charge in [0.2, 0.25) is 5.91 Å². The number of hydrogen-bond acceptors (Lipinski definition) is 4. The van der Waals surface area contributed by atoms with Crippen molar-refractivity contribution in [1.82, 2.24) is 9.97 Å². The van der Waals surface area contributed by atoms with Crippen LogP contribution in [0.25, 0.3) is 11.4 Å². The molecule has 0 unspecified atom stereocenters. The fraction of sp³-hybridized carbons (Fsp3) is 0.267. The van der Waals surface area contributed by atoms with Gasteiger partial charge in [-0.3, -0.25) is 4.79 Å². The maximum Gasteiger partial charge on any atom is 0.237 e. The van der Waals surface area contributed by atoms with Gasteiger partial charge in [-0.2, -0.15) is 0 Å². The Hall–Kier alpha value is -2.14. The van der Waals surface area contributed by atoms with Gasteiger partial charge in [0.25, 0.3) is 0 Å². The summed E-state index contributed by atoms with van der Waals surface area (Å²) in [5.41, 5.74) is 6.16. The van der Waals surface area contributed by atoms with Crippen LogP contribution in [-0.4, -0.2) is 28.5 Å². The molecule has 0 aliphatic heterocycles. The number of primary amides is 1. The van der Waals surface area contributed by atoms with E-state index in [0.29, 0.717) is 16.8 Å². The molecule has 2 aromatic rings. The third-order valence-electron chi connectivity index (χ3n) is 2.96. The zero-order valence-electron chi connectivity index (χ0n) is 12.0. The molecule has 6 heteroatoms. The van der Waals surface area contributed by atoms with Crippen molar-refractivity contribution >= 4 is 23.3 Å². The predicted octanol–water partition coefficient (Wildman–Crippen LogP) is 2.50. The van der Waals surface area contributed by atoms with Crippen LogP contribution in [0.15, 0.2) is 36.4 Å². The number of nitrogens with two attached hydrogens (primary N) is 1. The second kappa shape index (κ2) is 6.54. The molecule has 0 spiro atoms. The summed E-state index contributed by atoms with van der Waals surface area (Å²) in [7, 11) is 0. The van der Waals surface area contributed by atoms with E-state index in [9.17, 15) is 4.79 Å². The number of rotatable bonds is 5. The van der Waals surface area contributed by atoms with Crippen LogP contribution in [0, 0.1) is 0 Å². The van der Waals surface area contributed by atoms with Gasteiger partial charge in [-0.25, -0.2) is 9.97 Å². The molecule has 2 rings (SSSR count). The standard InChI is InChI=1S/C15H17ClN4O/c1-10(2)20(9-13(17)21)14-8-12(16)18-15(19-14)11-6-4-3-5-7-11/h3-8,10H,9H2,1-2H3,(H2,17,21). The smallest absolute Gasteiger partial charge is 0.237 e. The minimum absolute atomic E-state index is 0.0621. The van der Waals surface area contributed by atoms with Gasteiger partial charge in [-0.05, 0) is 13.8 Å². The highest BCUT2D eigenvalue weighted by molar-refractivity contribution is 6.29. The second-order valence-corrected chi connectivity index (χ2v) is 5.31. The molecule has 0 saturated carbocycles. The second-order valence-electron chi connectivity index (χ2n) is 4.93. The summed E-state index contributed by atoms with van der Waals surface area (Å²) in [6, 6.07) is 11.2. The zero-order chi connectivity index (χ0) is 15.4. The van der Waals surface area contributed by atoms with E-state index in [2.05, 4.69) is 9.97 Å². The van der Waals surface area contributed by atoms with E-state index in [1.165, 1.54) is 0 Å². The quantitative estimate of drug-likeness (QED) is 0.861. The van der Waals surface area contributed by atoms with Gasteiger partial charge < -0.3 is 10.6 Å². The molecule has 0 bridgehead atoms. The third-order valence-corrected chi connectivity index (χ3v) is 3.15. The van der Waals surface area contributed by atoms with Crippen LogP contribution < -0.4 is 10.6 Å². The van der Waals surface area contributed by atoms with E-state index in [1.54, 1.807) is 11.0 Å². The van der Waals surface area contributed by atoms with Crippen molar-refractivity contribution in [2.45, 2.75) is 19.9 Å². The topological polar surface area (TPSA) is 72.1 Å². The van der Waals surface area contributed by atoms with Crippen LogP contribution in [0.4, 0.5) is 5.82 Å². The number of hydrogen-bond donors (Lipinski definition) is 1. The Morgan fingerprint density at radius 3 is 2.52 bits per heavy atom. The van der Waals surface area contributed by atoms with Crippen molar-refractivity contribution in [3.63, 3.8) is 0 Å². The molecule has 0 aliphatic rings. The van der Waals surface area contributed by atoms with Crippen molar-refractivity contribution in [3.05, 3.63) is 41.6 Å². The summed E-state index contributed by atoms with van der Waals surface area (Å²) in [4.78, 5) is 21.8. The molecular formula is C15H17ClN4O. The van der Waals surface area contributed by atoms with Crippen LogP contribution in [0.1, 0.15) is 13.8 Å². The molecule has 110 valence electrons. The van der Waals surface area contributed by atoms with E-state index in [4.69, 9.17) is 17.3 Å². The van der Waals surface area contributed by atoms with Crippen molar-refractivity contribution < 1.29 is 4.79 Å². The van der Waals surface area contributed by atoms with Crippen LogP contribution in [0.5, 0.6) is 0 Å². The van der Waals surface area contributed by atoms with Crippen LogP contribution in [0.3, 0.4) is 0 Å². The maximum atomic E-state index is 11.2. The SMILES string of the molecule is CC(C)N(CC(N)=O)c1cc(Cl)nc(-c2ccccc2)n1. The summed E-state index contributed by atoms with van der Waals surface area (Å²) in [5, 5.41) is 0.328. The minimum atomic E-state index is -0.417. The van der Waals surface area contributed by atoms with Crippen LogP contribution in [0.2, 0.25) is 5.15 Å². The largest absolute Gasteiger partial charge is 0.368 e. The van der Waals surface area contributed by atoms with Crippen LogP contribution in [-0.2, 0) is 4.79 Å². The van der Waals surface area contributed by atoms with E-state index in [0.717, 1.165) is 5.56 Å². The average Bonchev–Trinajstić information content (AvgIpc) is 2.44. The molecule has 1 aromatic heterocycles. The van der Waals surface area contributed by atoms with Gasteiger partial charge in [-0.15, -0.1) is 0 Å². The van der Waals surface area contributed by atoms with E-state index < -0.39 is 5.91 Å². The zero-order valence-corrected chi connectivity index (χ0v) is 12.7. The van der Waals surface area contributed by atoms with Crippen molar-refractivity contribution in [2.75, 3.05) is 11.4 Å². The first-order valence-corrected chi connectivity index (χ1v) is 7.00. The number of anilines is 1. The highest BCUT2D eigenvalue weighted by Crippen LogP contribution is 2.23. The molecule has 5 nitrogen and oxygen atoms in total. The van der Waals surface area contributed by atoms with Crippen molar-refractivity contribution in [1.29, 1.82) is 0 Å². The lowest BCUT2D eigenvalue weighted by Crippen LogP contribution is -2.39. The predicted molar refractivity (Wildman–Crippen MR) is 84.2 cm³/mol. The molecule has 0 radical (unpaired) electrons. The van der Waals surface area contributed by atoms with Gasteiger partial charge in [0.05, 0.1) is 6.54 Å². The summed E-state index contributed by atoms with van der Waals surface area (Å²) >= 11 is 6.09. The fourth-order valence-corrected chi connectivity index (χ4v) is 2.14. The molecule has 0 aliphatic carbocycles. The highest BCUT2D eigenvalue weighted by Gasteiger charge is 2.17. The molecule has 0 fully saturated rings. The summed E-state index contributed by atoms with van der Waals surface area (Å²) in [5.74, 6) is 0.690. The maximum absolute atomic E-state index is 11.2. The Labute approximate surface area is 128 Å². The summed E-state index contributed by atoms with van der Waals surface area (Å²) in [6.45, 7) is 4.00. The third kappa shape index (κ3) is 3.92. The first kappa shape index (κ1) is 15.3. The van der Waals surface area contributed by atoms with E-state index >= 15 is 0 Å². The lowest BCUT2D eigenvalue weighted by molar-refractivity contribution is -0.116. The van der Waals surface area contributed by atoms with Gasteiger partial charge >= 0.3 is 0 Å². The summed E-state index contributed by atoms with van der Waals surface area (Å²) in [6.07, 6.45) is 0. The Balaban J connectivity index is 2.44. The first-order chi connectivity index (χ1) is 9.97. The molecule has 0 saturated heterocycles. The molecule has 1 heterocycles. The molecule has 21 heavy (non-hydrogen) atoms. The highest BCUT2D eigenvalue weighted by atomic mass is 35.5. The van der Waals surface area contributed by atoms with Crippen molar-refractivity contribution in [2.24, 2.45) is 5.73 Å². The van der Waals surface area contributed by atoms with Gasteiger partial charge in [0.1, 0.15) is 11.0 Å². The number of benzene rings is 1. The number of halogens is 1. The van der Waals surface area contributed by atoms with Gasteiger partial charge in [-0.1, -0.05) is 41.9 Å². The average molecular weight is 305 g/mol. The lowest BCUT2D eigenvalue weighted by atomic mass is 10.2. The number of carbonyl (C=O) groups is 1. The Morgan fingerprint density at radius 1 is 1.29 bits per heavy atom. The Bertz CT molecular complexity index is 631. The van der Waals surface area contributed by atoms with Crippen molar-refractivity contribution in [3.8, 4) is 11.4 Å². The fourth-order valence-electron chi connectivity index (χ4n) is 1.97. The molecular weight excluding hydrogens is 288 g/mol. The Kier molecular flexibility index (Phi) is 4.75. The van der Waals surface area contributed by atoms with E-state index in [1.807, 2.05) is 44.2 Å². The molecule has 1 aromatic carbocycles. The first-order valence-electron chi connectivity index (χ1n) is 6.62. The van der Waals surface area contributed by atoms with Gasteiger partial charge in [0.15, 0.2) is 5.82 Å². The van der Waals surface area contributed by atoms with Gasteiger partial charge in [0, 0.05) is 17.7 Å². The number of aromatic nitrogens is 2. The number of carbonyl (C=O) groups excluding carboxylic acids is 1. The van der Waals surface area contributed by atoms with Crippen LogP contribution >= 0.6 is 11.6 Å². The molecule has 2 N–H and O–H groups in total. The lowest BCUT2D eigenvalue weighted by Gasteiger charge is -2.26. The monoisotopic (exact) mass is 304 g/mol. The molecule has 1 amide bonds. The summed E-state index contributed by atoms with van der Waals surface area (Å²) < 4.78 is 0. The number of nitrogens with zero attached hydrogens (tertiary/aromatic N) is 3. The molecule has 0 atom stereocenters.